The molecule has 0 unspecified atom stereocenters. The van der Waals surface area contributed by atoms with E-state index in [4.69, 9.17) is 4.74 Å². The molecule has 0 aliphatic rings. The first-order chi connectivity index (χ1) is 15.8. The van der Waals surface area contributed by atoms with Crippen LogP contribution in [-0.4, -0.2) is 5.78 Å². The average Bonchev–Trinajstić information content (AvgIpc) is 2.86. The number of carbonyl (C=O) groups excluding carboxylic acids is 1. The van der Waals surface area contributed by atoms with Crippen LogP contribution in [0.2, 0.25) is 0 Å². The van der Waals surface area contributed by atoms with Gasteiger partial charge in [-0.15, -0.1) is 0 Å². The summed E-state index contributed by atoms with van der Waals surface area (Å²) in [5, 5.41) is 4.26. The first-order valence-electron chi connectivity index (χ1n) is 10.7. The minimum atomic E-state index is -0.0771. The maximum Gasteiger partial charge on any atom is 0.189 e. The van der Waals surface area contributed by atoms with E-state index in [0.29, 0.717) is 17.9 Å². The molecule has 0 aliphatic heterocycles. The van der Waals surface area contributed by atoms with Gasteiger partial charge in [0.05, 0.1) is 5.56 Å². The van der Waals surface area contributed by atoms with Crippen LogP contribution >= 0.6 is 0 Å². The Hall–Kier alpha value is -4.17. The Morgan fingerprint density at radius 1 is 0.656 bits per heavy atom. The fourth-order valence-electron chi connectivity index (χ4n) is 3.97. The third-order valence-corrected chi connectivity index (χ3v) is 5.61. The van der Waals surface area contributed by atoms with Crippen molar-refractivity contribution in [2.75, 3.05) is 0 Å². The lowest BCUT2D eigenvalue weighted by Gasteiger charge is -2.13. The molecule has 0 amide bonds. The Balaban J connectivity index is 1.51. The van der Waals surface area contributed by atoms with Gasteiger partial charge in [-0.3, -0.25) is 4.79 Å². The second-order valence-corrected chi connectivity index (χ2v) is 7.70. The molecule has 5 aromatic carbocycles. The van der Waals surface area contributed by atoms with Crippen molar-refractivity contribution in [2.24, 2.45) is 0 Å². The molecular weight excluding hydrogens is 392 g/mol. The van der Waals surface area contributed by atoms with Crippen LogP contribution in [0.4, 0.5) is 0 Å². The molecule has 0 bridgehead atoms. The molecule has 0 aliphatic carbocycles. The average molecular weight is 415 g/mol. The molecule has 0 saturated carbocycles. The Morgan fingerprint density at radius 3 is 2.12 bits per heavy atom. The summed E-state index contributed by atoms with van der Waals surface area (Å²) >= 11 is 0. The van der Waals surface area contributed by atoms with Gasteiger partial charge < -0.3 is 4.74 Å². The van der Waals surface area contributed by atoms with Crippen LogP contribution in [0.25, 0.3) is 27.6 Å². The summed E-state index contributed by atoms with van der Waals surface area (Å²) in [6, 6.07) is 36.1. The van der Waals surface area contributed by atoms with E-state index in [9.17, 15) is 4.79 Å². The first kappa shape index (κ1) is 19.8. The van der Waals surface area contributed by atoms with Crippen molar-refractivity contribution in [2.45, 2.75) is 6.61 Å². The SMILES string of the molecule is O=C(/C=C\c1cccc2ccccc12)c1ccc2ccccc2c1OCc1ccccc1. The zero-order valence-electron chi connectivity index (χ0n) is 17.6. The number of ketones is 1. The van der Waals surface area contributed by atoms with Gasteiger partial charge in [-0.1, -0.05) is 109 Å². The molecule has 2 heteroatoms. The van der Waals surface area contributed by atoms with Gasteiger partial charge >= 0.3 is 0 Å². The molecule has 0 aromatic heterocycles. The fraction of sp³-hybridized carbons (Fsp3) is 0.0333. The van der Waals surface area contributed by atoms with E-state index in [1.807, 2.05) is 97.1 Å². The summed E-state index contributed by atoms with van der Waals surface area (Å²) in [6.07, 6.45) is 3.53. The van der Waals surface area contributed by atoms with E-state index in [1.165, 1.54) is 0 Å². The van der Waals surface area contributed by atoms with Gasteiger partial charge in [-0.2, -0.15) is 0 Å². The molecule has 0 N–H and O–H groups in total. The number of benzene rings is 5. The minimum absolute atomic E-state index is 0.0771. The molecule has 0 spiro atoms. The highest BCUT2D eigenvalue weighted by Gasteiger charge is 2.14. The Morgan fingerprint density at radius 2 is 1.31 bits per heavy atom. The van der Waals surface area contributed by atoms with Gasteiger partial charge in [0, 0.05) is 5.39 Å². The Labute approximate surface area is 187 Å². The topological polar surface area (TPSA) is 26.3 Å². The predicted molar refractivity (Wildman–Crippen MR) is 132 cm³/mol. The molecule has 0 saturated heterocycles. The van der Waals surface area contributed by atoms with Crippen LogP contribution in [0.3, 0.4) is 0 Å². The first-order valence-corrected chi connectivity index (χ1v) is 10.7. The van der Waals surface area contributed by atoms with Crippen LogP contribution < -0.4 is 4.74 Å². The van der Waals surface area contributed by atoms with Gasteiger partial charge in [0.25, 0.3) is 0 Å². The standard InChI is InChI=1S/C30H22O2/c31-29(20-18-24-14-8-13-23-11-4-6-15-26(23)24)28-19-17-25-12-5-7-16-27(25)30(28)32-21-22-9-2-1-3-10-22/h1-20H,21H2/b20-18-. The van der Waals surface area contributed by atoms with Crippen LogP contribution in [-0.2, 0) is 6.61 Å². The number of hydrogen-bond donors (Lipinski definition) is 0. The quantitative estimate of drug-likeness (QED) is 0.213. The van der Waals surface area contributed by atoms with Gasteiger partial charge in [0.1, 0.15) is 12.4 Å². The number of carbonyl (C=O) groups is 1. The normalized spacial score (nSPS) is 11.2. The van der Waals surface area contributed by atoms with E-state index in [-0.39, 0.29) is 5.78 Å². The summed E-state index contributed by atoms with van der Waals surface area (Å²) in [7, 11) is 0. The molecule has 0 atom stereocenters. The van der Waals surface area contributed by atoms with Gasteiger partial charge in [-0.05, 0) is 39.4 Å². The molecule has 0 heterocycles. The largest absolute Gasteiger partial charge is 0.487 e. The van der Waals surface area contributed by atoms with Crippen LogP contribution in [0.5, 0.6) is 5.75 Å². The van der Waals surface area contributed by atoms with Crippen molar-refractivity contribution in [1.29, 1.82) is 0 Å². The smallest absolute Gasteiger partial charge is 0.189 e. The summed E-state index contributed by atoms with van der Waals surface area (Å²) in [5.41, 5.74) is 2.64. The Bertz CT molecular complexity index is 1430. The zero-order valence-corrected chi connectivity index (χ0v) is 17.6. The lowest BCUT2D eigenvalue weighted by atomic mass is 10.0. The van der Waals surface area contributed by atoms with Gasteiger partial charge in [0.2, 0.25) is 0 Å². The summed E-state index contributed by atoms with van der Waals surface area (Å²) in [4.78, 5) is 13.3. The van der Waals surface area contributed by atoms with E-state index in [0.717, 1.165) is 32.7 Å². The van der Waals surface area contributed by atoms with Gasteiger partial charge in [-0.25, -0.2) is 0 Å². The molecule has 2 nitrogen and oxygen atoms in total. The number of fused-ring (bicyclic) bond motifs is 2. The molecule has 5 aromatic rings. The lowest BCUT2D eigenvalue weighted by Crippen LogP contribution is -2.03. The fourth-order valence-corrected chi connectivity index (χ4v) is 3.97. The highest BCUT2D eigenvalue weighted by atomic mass is 16.5. The van der Waals surface area contributed by atoms with E-state index < -0.39 is 0 Å². The van der Waals surface area contributed by atoms with Gasteiger partial charge in [0.15, 0.2) is 5.78 Å². The number of allylic oxidation sites excluding steroid dienone is 1. The summed E-state index contributed by atoms with van der Waals surface area (Å²) in [5.74, 6) is 0.547. The third-order valence-electron chi connectivity index (χ3n) is 5.61. The minimum Gasteiger partial charge on any atom is -0.487 e. The molecule has 5 rings (SSSR count). The zero-order chi connectivity index (χ0) is 21.8. The van der Waals surface area contributed by atoms with Crippen LogP contribution in [0, 0.1) is 0 Å². The van der Waals surface area contributed by atoms with Crippen molar-refractivity contribution in [3.05, 3.63) is 132 Å². The predicted octanol–water partition coefficient (Wildman–Crippen LogP) is 7.47. The second-order valence-electron chi connectivity index (χ2n) is 7.70. The third kappa shape index (κ3) is 4.03. The molecule has 154 valence electrons. The van der Waals surface area contributed by atoms with Crippen molar-refractivity contribution in [1.82, 2.24) is 0 Å². The van der Waals surface area contributed by atoms with Crippen LogP contribution in [0.1, 0.15) is 21.5 Å². The maximum atomic E-state index is 13.3. The number of rotatable bonds is 6. The molecule has 0 radical (unpaired) electrons. The highest BCUT2D eigenvalue weighted by molar-refractivity contribution is 6.12. The van der Waals surface area contributed by atoms with Crippen molar-refractivity contribution in [3.63, 3.8) is 0 Å². The van der Waals surface area contributed by atoms with Crippen molar-refractivity contribution >= 4 is 33.4 Å². The summed E-state index contributed by atoms with van der Waals surface area (Å²) < 4.78 is 6.23. The second kappa shape index (κ2) is 8.91. The lowest BCUT2D eigenvalue weighted by molar-refractivity contribution is 0.104. The van der Waals surface area contributed by atoms with Crippen molar-refractivity contribution < 1.29 is 9.53 Å². The summed E-state index contributed by atoms with van der Waals surface area (Å²) in [6.45, 7) is 0.405. The van der Waals surface area contributed by atoms with Crippen molar-refractivity contribution in [3.8, 4) is 5.75 Å². The monoisotopic (exact) mass is 414 g/mol. The molecule has 0 fully saturated rings. The van der Waals surface area contributed by atoms with Crippen LogP contribution in [0.15, 0.2) is 115 Å². The number of hydrogen-bond acceptors (Lipinski definition) is 2. The molecular formula is C30H22O2. The van der Waals surface area contributed by atoms with E-state index in [2.05, 4.69) is 18.2 Å². The van der Waals surface area contributed by atoms with E-state index in [1.54, 1.807) is 6.08 Å². The maximum absolute atomic E-state index is 13.3. The highest BCUT2D eigenvalue weighted by Crippen LogP contribution is 2.31. The van der Waals surface area contributed by atoms with E-state index >= 15 is 0 Å². The number of ether oxygens (including phenoxy) is 1. The Kier molecular flexibility index (Phi) is 5.50. The molecule has 32 heavy (non-hydrogen) atoms.